The lowest BCUT2D eigenvalue weighted by Gasteiger charge is -2.27. The van der Waals surface area contributed by atoms with Crippen LogP contribution in [-0.2, 0) is 64.0 Å². The number of hydrogen-bond acceptors (Lipinski definition) is 17. The number of benzene rings is 1. The van der Waals surface area contributed by atoms with Gasteiger partial charge in [0.1, 0.15) is 60.1 Å². The Morgan fingerprint density at radius 3 is 1.57 bits per heavy atom. The van der Waals surface area contributed by atoms with E-state index in [1.165, 1.54) is 38.1 Å². The Hall–Kier alpha value is -7.50. The number of amides is 10. The summed E-state index contributed by atoms with van der Waals surface area (Å²) in [5, 5.41) is 68.7. The van der Waals surface area contributed by atoms with Gasteiger partial charge in [-0.3, -0.25) is 52.7 Å². The van der Waals surface area contributed by atoms with E-state index in [2.05, 4.69) is 47.9 Å². The second kappa shape index (κ2) is 33.3. The summed E-state index contributed by atoms with van der Waals surface area (Å²) >= 11 is 0. The van der Waals surface area contributed by atoms with Gasteiger partial charge in [0.15, 0.2) is 0 Å². The van der Waals surface area contributed by atoms with Crippen molar-refractivity contribution in [2.45, 2.75) is 140 Å². The van der Waals surface area contributed by atoms with Crippen LogP contribution in [0.15, 0.2) is 24.3 Å². The van der Waals surface area contributed by atoms with Gasteiger partial charge in [0, 0.05) is 19.3 Å². The minimum atomic E-state index is -1.66. The Bertz CT molecular complexity index is 2110. The molecule has 10 amide bonds. The average molecular weight is 1050 g/mol. The van der Waals surface area contributed by atoms with Gasteiger partial charge in [0.2, 0.25) is 59.1 Å². The minimum absolute atomic E-state index is 0.0808. The summed E-state index contributed by atoms with van der Waals surface area (Å²) in [6, 6.07) is -7.73. The number of aliphatic carboxylic acids is 2. The van der Waals surface area contributed by atoms with E-state index < -0.39 is 171 Å². The van der Waals surface area contributed by atoms with Gasteiger partial charge < -0.3 is 90.6 Å². The van der Waals surface area contributed by atoms with Crippen LogP contribution in [0.1, 0.15) is 84.6 Å². The maximum absolute atomic E-state index is 13.9. The van der Waals surface area contributed by atoms with Gasteiger partial charge in [-0.2, -0.15) is 0 Å². The number of carbonyl (C=O) groups is 12. The molecule has 29 heteroatoms. The maximum Gasteiger partial charge on any atom is 0.326 e. The molecule has 0 aromatic heterocycles. The summed E-state index contributed by atoms with van der Waals surface area (Å²) in [5.74, 6) is -12.9. The average Bonchev–Trinajstić information content (AvgIpc) is 3.33. The number of hydrogen-bond donors (Lipinski definition) is 17. The van der Waals surface area contributed by atoms with Gasteiger partial charge in [-0.25, -0.2) is 4.79 Å². The predicted octanol–water partition coefficient (Wildman–Crippen LogP) is -6.33. The molecule has 0 fully saturated rings. The highest BCUT2D eigenvalue weighted by Gasteiger charge is 2.34. The van der Waals surface area contributed by atoms with Gasteiger partial charge in [-0.15, -0.1) is 0 Å². The number of rotatable bonds is 35. The number of nitrogens with one attached hydrogen (secondary N) is 9. The Labute approximate surface area is 426 Å². The zero-order chi connectivity index (χ0) is 56.2. The molecule has 0 saturated heterocycles. The molecule has 74 heavy (non-hydrogen) atoms. The van der Waals surface area contributed by atoms with Crippen LogP contribution in [0, 0.1) is 5.92 Å². The van der Waals surface area contributed by atoms with Crippen molar-refractivity contribution in [1.82, 2.24) is 47.9 Å². The number of carboxylic acid groups (broad SMARTS) is 2. The predicted molar refractivity (Wildman–Crippen MR) is 259 cm³/mol. The first kappa shape index (κ1) is 64.5. The first-order valence-corrected chi connectivity index (χ1v) is 23.6. The monoisotopic (exact) mass is 1050 g/mol. The molecule has 0 radical (unpaired) electrons. The summed E-state index contributed by atoms with van der Waals surface area (Å²) < 4.78 is 0. The molecule has 1 rings (SSSR count). The molecule has 0 bridgehead atoms. The molecule has 0 unspecified atom stereocenters. The molecule has 0 saturated carbocycles. The van der Waals surface area contributed by atoms with Crippen LogP contribution >= 0.6 is 0 Å². The molecule has 9 atom stereocenters. The normalized spacial score (nSPS) is 14.6. The van der Waals surface area contributed by atoms with Crippen LogP contribution in [0.5, 0.6) is 5.75 Å². The highest BCUT2D eigenvalue weighted by Crippen LogP contribution is 2.13. The van der Waals surface area contributed by atoms with Crippen molar-refractivity contribution >= 4 is 71.0 Å². The SMILES string of the molecule is CC(C)C[C@H](NC(=O)[C@H](Cc1ccc(O)cc1)NC(=O)[C@H](CO)NC(=O)[C@@H](N)CO)C(=O)N[C@@H](CCC(=O)O)C(=O)NCC(=O)N[C@@H](CCC(N)=O)C(=O)N[C@@H](C)C(=O)N[C@@H](C)C(=O)N[C@@H](CCCCN)C(=O)O. The van der Waals surface area contributed by atoms with Gasteiger partial charge in [0.05, 0.1) is 19.8 Å². The molecule has 0 aliphatic rings. The topological polar surface area (TPSA) is 492 Å². The van der Waals surface area contributed by atoms with Crippen molar-refractivity contribution < 1.29 is 83.1 Å². The van der Waals surface area contributed by atoms with E-state index in [-0.39, 0.29) is 30.9 Å². The van der Waals surface area contributed by atoms with Gasteiger partial charge in [-0.05, 0) is 82.5 Å². The third kappa shape index (κ3) is 24.8. The Morgan fingerprint density at radius 2 is 1.03 bits per heavy atom. The third-order valence-corrected chi connectivity index (χ3v) is 10.8. The summed E-state index contributed by atoms with van der Waals surface area (Å²) in [6.07, 6.45) is -1.41. The number of aliphatic hydroxyl groups excluding tert-OH is 2. The van der Waals surface area contributed by atoms with Crippen LogP contribution in [0.4, 0.5) is 0 Å². The van der Waals surface area contributed by atoms with E-state index in [9.17, 15) is 83.1 Å². The van der Waals surface area contributed by atoms with Crippen LogP contribution in [-0.4, -0.2) is 177 Å². The largest absolute Gasteiger partial charge is 0.508 e. The molecule has 1 aromatic carbocycles. The number of phenolic OH excluding ortho intramolecular Hbond substituents is 1. The fraction of sp³-hybridized carbons (Fsp3) is 0.600. The first-order chi connectivity index (χ1) is 34.7. The van der Waals surface area contributed by atoms with Crippen molar-refractivity contribution in [3.63, 3.8) is 0 Å². The van der Waals surface area contributed by atoms with Crippen LogP contribution in [0.2, 0.25) is 0 Å². The van der Waals surface area contributed by atoms with E-state index in [1.807, 2.05) is 0 Å². The zero-order valence-corrected chi connectivity index (χ0v) is 41.6. The van der Waals surface area contributed by atoms with Crippen molar-refractivity contribution in [2.24, 2.45) is 23.1 Å². The summed E-state index contributed by atoms with van der Waals surface area (Å²) in [6.45, 7) is 3.53. The van der Waals surface area contributed by atoms with Gasteiger partial charge in [0.25, 0.3) is 0 Å². The molecule has 0 aliphatic heterocycles. The number of primary amides is 1. The molecular weight excluding hydrogens is 981 g/mol. The number of unbranched alkanes of at least 4 members (excludes halogenated alkanes) is 1. The van der Waals surface area contributed by atoms with Crippen molar-refractivity contribution in [3.05, 3.63) is 29.8 Å². The lowest BCUT2D eigenvalue weighted by atomic mass is 10.00. The molecule has 0 spiro atoms. The maximum atomic E-state index is 13.9. The molecular formula is C45H72N12O17. The number of nitrogens with two attached hydrogens (primary N) is 3. The summed E-state index contributed by atoms with van der Waals surface area (Å²) in [4.78, 5) is 154. The third-order valence-electron chi connectivity index (χ3n) is 10.8. The number of carbonyl (C=O) groups excluding carboxylic acids is 10. The van der Waals surface area contributed by atoms with E-state index in [0.717, 1.165) is 0 Å². The zero-order valence-electron chi connectivity index (χ0n) is 41.6. The molecule has 414 valence electrons. The summed E-state index contributed by atoms with van der Waals surface area (Å²) in [7, 11) is 0. The number of aromatic hydroxyl groups is 1. The van der Waals surface area contributed by atoms with Crippen LogP contribution < -0.4 is 65.1 Å². The molecule has 0 heterocycles. The fourth-order valence-corrected chi connectivity index (χ4v) is 6.61. The lowest BCUT2D eigenvalue weighted by Crippen LogP contribution is -2.60. The Balaban J connectivity index is 3.23. The number of aliphatic hydroxyl groups is 2. The standard InChI is InChI=1S/C45H72N12O17/c1-22(2)17-31(55-43(71)32(18-25-8-10-26(60)11-9-25)56-44(72)33(21-59)57-39(67)27(47)20-58)42(70)53-28(13-15-36(63)64)40(68)49-19-35(62)52-29(12-14-34(48)61)41(69)51-23(3)37(65)50-24(4)38(66)54-30(45(73)74)7-5-6-16-46/h8-11,22-24,27-33,58-60H,5-7,12-21,46-47H2,1-4H3,(H2,48,61)(H,49,68)(H,50,65)(H,51,69)(H,52,62)(H,53,70)(H,54,66)(H,55,71)(H,56,72)(H,57,67)(H,63,64)(H,73,74)/t23-,24-,27-,28-,29-,30-,31-,32-,33-/m0/s1. The van der Waals surface area contributed by atoms with Gasteiger partial charge in [-0.1, -0.05) is 26.0 Å². The van der Waals surface area contributed by atoms with Crippen LogP contribution in [0.3, 0.4) is 0 Å². The highest BCUT2D eigenvalue weighted by atomic mass is 16.4. The smallest absolute Gasteiger partial charge is 0.326 e. The van der Waals surface area contributed by atoms with E-state index >= 15 is 0 Å². The van der Waals surface area contributed by atoms with E-state index in [1.54, 1.807) is 13.8 Å². The van der Waals surface area contributed by atoms with Crippen molar-refractivity contribution in [2.75, 3.05) is 26.3 Å². The van der Waals surface area contributed by atoms with Gasteiger partial charge >= 0.3 is 11.9 Å². The number of phenols is 1. The van der Waals surface area contributed by atoms with E-state index in [4.69, 9.17) is 17.2 Å². The number of carboxylic acids is 2. The lowest BCUT2D eigenvalue weighted by molar-refractivity contribution is -0.142. The van der Waals surface area contributed by atoms with E-state index in [0.29, 0.717) is 24.9 Å². The fourth-order valence-electron chi connectivity index (χ4n) is 6.61. The quantitative estimate of drug-likeness (QED) is 0.0281. The summed E-state index contributed by atoms with van der Waals surface area (Å²) in [5.41, 5.74) is 16.6. The molecule has 0 aliphatic carbocycles. The van der Waals surface area contributed by atoms with Crippen molar-refractivity contribution in [1.29, 1.82) is 0 Å². The second-order valence-electron chi connectivity index (χ2n) is 17.6. The molecule has 1 aromatic rings. The van der Waals surface area contributed by atoms with Crippen molar-refractivity contribution in [3.8, 4) is 5.75 Å². The van der Waals surface area contributed by atoms with Crippen LogP contribution in [0.25, 0.3) is 0 Å². The Morgan fingerprint density at radius 1 is 0.541 bits per heavy atom. The molecule has 20 N–H and O–H groups in total. The first-order valence-electron chi connectivity index (χ1n) is 23.6. The highest BCUT2D eigenvalue weighted by molar-refractivity contribution is 5.98. The molecule has 29 nitrogen and oxygen atoms in total. The second-order valence-corrected chi connectivity index (χ2v) is 17.6. The minimum Gasteiger partial charge on any atom is -0.508 e. The Kier molecular flexibility index (Phi) is 29.0.